The van der Waals surface area contributed by atoms with E-state index in [1.807, 2.05) is 6.92 Å². The van der Waals surface area contributed by atoms with Crippen molar-refractivity contribution >= 4 is 10.0 Å². The minimum atomic E-state index is -3.46. The van der Waals surface area contributed by atoms with Crippen LogP contribution in [0.1, 0.15) is 20.8 Å². The Kier molecular flexibility index (Phi) is 4.27. The second-order valence-electron chi connectivity index (χ2n) is 5.09. The largest absolute Gasteiger partial charge is 0.302 e. The fraction of sp³-hybridized carbons (Fsp3) is 0.750. The first-order valence-electron chi connectivity index (χ1n) is 6.73. The van der Waals surface area contributed by atoms with Gasteiger partial charge in [0.25, 0.3) is 0 Å². The lowest BCUT2D eigenvalue weighted by molar-refractivity contribution is 0.344. The number of likely N-dealkylation sites (N-methyl/N-ethyl adjacent to an activating group) is 1. The van der Waals surface area contributed by atoms with Crippen molar-refractivity contribution in [3.63, 3.8) is 0 Å². The Morgan fingerprint density at radius 2 is 2.11 bits per heavy atom. The molecule has 19 heavy (non-hydrogen) atoms. The number of nitrogens with one attached hydrogen (secondary N) is 1. The molecule has 1 aliphatic rings. The molecule has 1 aromatic heterocycles. The van der Waals surface area contributed by atoms with Crippen molar-refractivity contribution in [3.8, 4) is 0 Å². The molecule has 1 N–H and O–H groups in total. The molecule has 0 unspecified atom stereocenters. The van der Waals surface area contributed by atoms with Crippen LogP contribution in [0.3, 0.4) is 0 Å². The maximum absolute atomic E-state index is 12.3. The molecule has 0 aromatic carbocycles. The van der Waals surface area contributed by atoms with E-state index in [9.17, 15) is 8.42 Å². The standard InChI is InChI=1S/C12H22N4O2S/c1-4-15-7-10(3)12(9-15)14-19(17,18)11-6-13-16(5-2)8-11/h6,8,10,12,14H,4-5,7,9H2,1-3H3/t10-,12-/m1/s1. The minimum absolute atomic E-state index is 0.0186. The highest BCUT2D eigenvalue weighted by molar-refractivity contribution is 7.89. The van der Waals surface area contributed by atoms with Crippen LogP contribution >= 0.6 is 0 Å². The molecule has 1 fully saturated rings. The number of sulfonamides is 1. The zero-order chi connectivity index (χ0) is 14.0. The van der Waals surface area contributed by atoms with Gasteiger partial charge in [0.1, 0.15) is 4.90 Å². The molecular formula is C12H22N4O2S. The lowest BCUT2D eigenvalue weighted by atomic mass is 10.1. The summed E-state index contributed by atoms with van der Waals surface area (Å²) < 4.78 is 29.0. The average Bonchev–Trinajstić information content (AvgIpc) is 2.97. The van der Waals surface area contributed by atoms with Crippen LogP contribution in [-0.2, 0) is 16.6 Å². The van der Waals surface area contributed by atoms with E-state index in [4.69, 9.17) is 0 Å². The molecule has 2 atom stereocenters. The van der Waals surface area contributed by atoms with Gasteiger partial charge in [-0.2, -0.15) is 5.10 Å². The van der Waals surface area contributed by atoms with Gasteiger partial charge in [0, 0.05) is 31.9 Å². The third kappa shape index (κ3) is 3.16. The highest BCUT2D eigenvalue weighted by atomic mass is 32.2. The van der Waals surface area contributed by atoms with E-state index in [1.54, 1.807) is 10.9 Å². The van der Waals surface area contributed by atoms with E-state index in [-0.39, 0.29) is 10.9 Å². The number of nitrogens with zero attached hydrogens (tertiary/aromatic N) is 3. The number of rotatable bonds is 5. The second kappa shape index (κ2) is 5.60. The fourth-order valence-corrected chi connectivity index (χ4v) is 3.69. The van der Waals surface area contributed by atoms with Gasteiger partial charge in [-0.15, -0.1) is 0 Å². The topological polar surface area (TPSA) is 67.2 Å². The van der Waals surface area contributed by atoms with E-state index < -0.39 is 10.0 Å². The van der Waals surface area contributed by atoms with E-state index in [0.717, 1.165) is 19.6 Å². The molecule has 0 radical (unpaired) electrons. The number of hydrogen-bond acceptors (Lipinski definition) is 4. The van der Waals surface area contributed by atoms with Crippen molar-refractivity contribution in [2.45, 2.75) is 38.3 Å². The summed E-state index contributed by atoms with van der Waals surface area (Å²) in [6, 6.07) is -0.0186. The molecule has 0 amide bonds. The van der Waals surface area contributed by atoms with Crippen LogP contribution in [-0.4, -0.2) is 48.8 Å². The molecule has 1 aromatic rings. The normalized spacial score (nSPS) is 25.0. The van der Waals surface area contributed by atoms with Crippen LogP contribution in [0.4, 0.5) is 0 Å². The third-order valence-corrected chi connectivity index (χ3v) is 5.13. The van der Waals surface area contributed by atoms with Crippen molar-refractivity contribution in [2.24, 2.45) is 5.92 Å². The summed E-state index contributed by atoms with van der Waals surface area (Å²) in [5.41, 5.74) is 0. The zero-order valence-electron chi connectivity index (χ0n) is 11.7. The second-order valence-corrected chi connectivity index (χ2v) is 6.80. The molecule has 0 spiro atoms. The average molecular weight is 286 g/mol. The van der Waals surface area contributed by atoms with Crippen LogP contribution in [0.2, 0.25) is 0 Å². The van der Waals surface area contributed by atoms with E-state index in [2.05, 4.69) is 28.6 Å². The van der Waals surface area contributed by atoms with Crippen molar-refractivity contribution in [1.29, 1.82) is 0 Å². The van der Waals surface area contributed by atoms with Gasteiger partial charge in [-0.3, -0.25) is 4.68 Å². The molecule has 0 saturated carbocycles. The Balaban J connectivity index is 2.09. The number of aromatic nitrogens is 2. The van der Waals surface area contributed by atoms with Gasteiger partial charge >= 0.3 is 0 Å². The molecule has 1 aliphatic heterocycles. The van der Waals surface area contributed by atoms with Crippen molar-refractivity contribution in [1.82, 2.24) is 19.4 Å². The summed E-state index contributed by atoms with van der Waals surface area (Å²) in [5.74, 6) is 0.330. The minimum Gasteiger partial charge on any atom is -0.302 e. The molecular weight excluding hydrogens is 264 g/mol. The Labute approximate surface area is 114 Å². The molecule has 0 aliphatic carbocycles. The van der Waals surface area contributed by atoms with E-state index in [0.29, 0.717) is 12.5 Å². The van der Waals surface area contributed by atoms with E-state index in [1.165, 1.54) is 6.20 Å². The first kappa shape index (κ1) is 14.5. The molecule has 1 saturated heterocycles. The summed E-state index contributed by atoms with van der Waals surface area (Å²) in [4.78, 5) is 2.50. The number of aryl methyl sites for hydroxylation is 1. The molecule has 2 heterocycles. The quantitative estimate of drug-likeness (QED) is 0.857. The third-order valence-electron chi connectivity index (χ3n) is 3.69. The lowest BCUT2D eigenvalue weighted by Gasteiger charge is -2.16. The monoisotopic (exact) mass is 286 g/mol. The summed E-state index contributed by atoms with van der Waals surface area (Å²) >= 11 is 0. The molecule has 7 heteroatoms. The number of hydrogen-bond donors (Lipinski definition) is 1. The summed E-state index contributed by atoms with van der Waals surface area (Å²) in [7, 11) is -3.46. The Bertz CT molecular complexity index is 526. The van der Waals surface area contributed by atoms with Crippen LogP contribution in [0.25, 0.3) is 0 Å². The summed E-state index contributed by atoms with van der Waals surface area (Å²) in [6.07, 6.45) is 2.97. The van der Waals surface area contributed by atoms with Crippen LogP contribution in [0.5, 0.6) is 0 Å². The van der Waals surface area contributed by atoms with Gasteiger partial charge in [-0.1, -0.05) is 13.8 Å². The molecule has 108 valence electrons. The Hall–Kier alpha value is -0.920. The van der Waals surface area contributed by atoms with Gasteiger partial charge in [0.15, 0.2) is 0 Å². The maximum atomic E-state index is 12.3. The highest BCUT2D eigenvalue weighted by Crippen LogP contribution is 2.18. The highest BCUT2D eigenvalue weighted by Gasteiger charge is 2.32. The van der Waals surface area contributed by atoms with Crippen LogP contribution < -0.4 is 4.72 Å². The Morgan fingerprint density at radius 3 is 2.63 bits per heavy atom. The first-order valence-corrected chi connectivity index (χ1v) is 8.21. The summed E-state index contributed by atoms with van der Waals surface area (Å²) in [5, 5.41) is 4.01. The van der Waals surface area contributed by atoms with Gasteiger partial charge in [0.05, 0.1) is 6.20 Å². The van der Waals surface area contributed by atoms with Gasteiger partial charge in [-0.05, 0) is 19.4 Å². The zero-order valence-corrected chi connectivity index (χ0v) is 12.5. The predicted molar refractivity (Wildman–Crippen MR) is 73.3 cm³/mol. The molecule has 0 bridgehead atoms. The van der Waals surface area contributed by atoms with E-state index >= 15 is 0 Å². The van der Waals surface area contributed by atoms with Crippen LogP contribution in [0, 0.1) is 5.92 Å². The predicted octanol–water partition coefficient (Wildman–Crippen LogP) is 0.521. The van der Waals surface area contributed by atoms with Gasteiger partial charge in [0.2, 0.25) is 10.0 Å². The Morgan fingerprint density at radius 1 is 1.37 bits per heavy atom. The SMILES string of the molecule is CCN1C[C@@H](C)[C@H](NS(=O)(=O)c2cnn(CC)c2)C1. The first-order chi connectivity index (χ1) is 8.96. The lowest BCUT2D eigenvalue weighted by Crippen LogP contribution is -2.39. The van der Waals surface area contributed by atoms with Crippen LogP contribution in [0.15, 0.2) is 17.3 Å². The molecule has 6 nitrogen and oxygen atoms in total. The number of likely N-dealkylation sites (tertiary alicyclic amines) is 1. The fourth-order valence-electron chi connectivity index (χ4n) is 2.40. The smallest absolute Gasteiger partial charge is 0.243 e. The van der Waals surface area contributed by atoms with Crippen molar-refractivity contribution < 1.29 is 8.42 Å². The summed E-state index contributed by atoms with van der Waals surface area (Å²) in [6.45, 7) is 9.44. The van der Waals surface area contributed by atoms with Crippen molar-refractivity contribution in [2.75, 3.05) is 19.6 Å². The van der Waals surface area contributed by atoms with Gasteiger partial charge < -0.3 is 4.90 Å². The maximum Gasteiger partial charge on any atom is 0.243 e. The van der Waals surface area contributed by atoms with Gasteiger partial charge in [-0.25, -0.2) is 13.1 Å². The molecule has 2 rings (SSSR count). The van der Waals surface area contributed by atoms with Crippen molar-refractivity contribution in [3.05, 3.63) is 12.4 Å².